The van der Waals surface area contributed by atoms with Crippen molar-refractivity contribution in [3.8, 4) is 5.75 Å². The van der Waals surface area contributed by atoms with E-state index in [1.54, 1.807) is 50.4 Å². The topological polar surface area (TPSA) is 309 Å². The average molecular weight is 1160 g/mol. The van der Waals surface area contributed by atoms with Crippen LogP contribution in [0.3, 0.4) is 0 Å². The Bertz CT molecular complexity index is 2980. The number of hydrogen-bond donors (Lipinski definition) is 5. The fourth-order valence-corrected chi connectivity index (χ4v) is 11.1. The molecule has 0 spiro atoms. The van der Waals surface area contributed by atoms with E-state index < -0.39 is 138 Å². The van der Waals surface area contributed by atoms with Crippen molar-refractivity contribution < 1.29 is 62.5 Å². The second-order valence-corrected chi connectivity index (χ2v) is 21.7. The van der Waals surface area contributed by atoms with Gasteiger partial charge in [-0.1, -0.05) is 82.0 Å². The largest absolute Gasteiger partial charge is 0.505 e. The number of amides is 7. The van der Waals surface area contributed by atoms with Crippen LogP contribution in [0.25, 0.3) is 23.2 Å². The van der Waals surface area contributed by atoms with Crippen LogP contribution in [0.2, 0.25) is 0 Å². The van der Waals surface area contributed by atoms with E-state index in [-0.39, 0.29) is 24.2 Å². The number of benzene rings is 1. The molecule has 0 radical (unpaired) electrons. The van der Waals surface area contributed by atoms with Crippen LogP contribution >= 0.6 is 0 Å². The highest BCUT2D eigenvalue weighted by atomic mass is 16.5. The number of aromatic hydroxyl groups is 1. The highest BCUT2D eigenvalue weighted by molar-refractivity contribution is 6.00. The molecule has 5 N–H and O–H groups in total. The lowest BCUT2D eigenvalue weighted by atomic mass is 9.83. The Kier molecular flexibility index (Phi) is 23.3. The summed E-state index contributed by atoms with van der Waals surface area (Å²) in [5.41, 5.74) is 0.927. The molecule has 2 aliphatic carbocycles. The fraction of sp³-hybridized carbons (Fsp3) is 0.517. The van der Waals surface area contributed by atoms with Crippen molar-refractivity contribution in [2.45, 2.75) is 139 Å². The van der Waals surface area contributed by atoms with Gasteiger partial charge in [0.2, 0.25) is 29.5 Å². The highest BCUT2D eigenvalue weighted by Gasteiger charge is 2.43. The van der Waals surface area contributed by atoms with Crippen LogP contribution < -0.4 is 21.3 Å². The van der Waals surface area contributed by atoms with Crippen LogP contribution in [0.1, 0.15) is 123 Å². The second kappa shape index (κ2) is 30.2. The molecule has 3 heterocycles. The molecule has 1 aliphatic heterocycles. The Morgan fingerprint density at radius 3 is 2.19 bits per heavy atom. The van der Waals surface area contributed by atoms with E-state index in [4.69, 9.17) is 9.47 Å². The third-order valence-electron chi connectivity index (χ3n) is 16.1. The van der Waals surface area contributed by atoms with Crippen molar-refractivity contribution in [1.82, 2.24) is 55.8 Å². The number of esters is 2. The molecule has 2 saturated carbocycles. The maximum Gasteiger partial charge on any atom is 0.329 e. The van der Waals surface area contributed by atoms with E-state index in [1.165, 1.54) is 74.2 Å². The van der Waals surface area contributed by atoms with Gasteiger partial charge in [0.05, 0.1) is 29.0 Å². The van der Waals surface area contributed by atoms with Crippen LogP contribution in [-0.4, -0.2) is 196 Å². The summed E-state index contributed by atoms with van der Waals surface area (Å²) in [6.07, 6.45) is 14.1. The molecular formula is C60H79N11O13. The molecule has 2 aromatic heterocycles. The molecule has 2 fully saturated rings. The number of rotatable bonds is 17. The molecule has 1 aromatic carbocycles. The Labute approximate surface area is 489 Å². The van der Waals surface area contributed by atoms with Gasteiger partial charge in [-0.25, -0.2) is 19.6 Å². The van der Waals surface area contributed by atoms with Gasteiger partial charge in [-0.3, -0.25) is 38.5 Å². The number of para-hydroxylation sites is 2. The minimum Gasteiger partial charge on any atom is -0.505 e. The molecule has 0 saturated heterocycles. The molecule has 6 unspecified atom stereocenters. The highest BCUT2D eigenvalue weighted by Crippen LogP contribution is 2.32. The zero-order valence-corrected chi connectivity index (χ0v) is 48.9. The smallest absolute Gasteiger partial charge is 0.329 e. The third kappa shape index (κ3) is 15.8. The van der Waals surface area contributed by atoms with Gasteiger partial charge < -0.3 is 60.2 Å². The zero-order valence-electron chi connectivity index (χ0n) is 48.9. The number of carbonyl (C=O) groups excluding carboxylic acids is 10. The van der Waals surface area contributed by atoms with Crippen molar-refractivity contribution >= 4 is 82.8 Å². The van der Waals surface area contributed by atoms with E-state index >= 15 is 9.59 Å². The Morgan fingerprint density at radius 1 is 0.893 bits per heavy atom. The Morgan fingerprint density at radius 2 is 1.55 bits per heavy atom. The van der Waals surface area contributed by atoms with Crippen LogP contribution in [0.5, 0.6) is 5.75 Å². The normalized spacial score (nSPS) is 22.3. The molecule has 7 amide bonds. The van der Waals surface area contributed by atoms with Crippen LogP contribution in [0.4, 0.5) is 0 Å². The monoisotopic (exact) mass is 1160 g/mol. The molecule has 8 atom stereocenters. The van der Waals surface area contributed by atoms with Gasteiger partial charge in [-0.2, -0.15) is 0 Å². The van der Waals surface area contributed by atoms with Crippen molar-refractivity contribution in [2.75, 3.05) is 48.5 Å². The van der Waals surface area contributed by atoms with Crippen LogP contribution in [0.15, 0.2) is 61.8 Å². The predicted molar refractivity (Wildman–Crippen MR) is 310 cm³/mol. The van der Waals surface area contributed by atoms with Gasteiger partial charge in [0, 0.05) is 33.8 Å². The average Bonchev–Trinajstić information content (AvgIpc) is 3.59. The molecule has 84 heavy (non-hydrogen) atoms. The van der Waals surface area contributed by atoms with Gasteiger partial charge in [0.1, 0.15) is 73.2 Å². The molecule has 24 nitrogen and oxygen atoms in total. The molecular weight excluding hydrogens is 1080 g/mol. The maximum absolute atomic E-state index is 15.3. The molecule has 24 heteroatoms. The summed E-state index contributed by atoms with van der Waals surface area (Å²) in [5, 5.41) is 21.4. The van der Waals surface area contributed by atoms with E-state index in [9.17, 15) is 43.5 Å². The summed E-state index contributed by atoms with van der Waals surface area (Å²) in [6.45, 7) is 8.96. The van der Waals surface area contributed by atoms with Crippen LogP contribution in [-0.2, 0) is 47.8 Å². The number of nitrogens with zero attached hydrogens (tertiary/aromatic N) is 7. The zero-order chi connectivity index (χ0) is 61.4. The van der Waals surface area contributed by atoms with Crippen molar-refractivity contribution in [3.05, 3.63) is 84.5 Å². The number of nitrogens with one attached hydrogen (secondary N) is 4. The third-order valence-corrected chi connectivity index (χ3v) is 16.1. The van der Waals surface area contributed by atoms with Gasteiger partial charge in [-0.15, -0.1) is 0 Å². The number of cyclic esters (lactones) is 1. The van der Waals surface area contributed by atoms with Crippen molar-refractivity contribution in [1.29, 1.82) is 0 Å². The standard InChI is InChI=1S/C60H79N11O13/c1-10-37-30-48(73)49(66-41(37)11-2)54(76)67-45-34-84-60(82)51(39-24-16-13-17-25-39)71(9)57(79)46(68(6)55(77)35(3)61-5)28-20-21-29-47(69(7)56(78)36(4)63-53(45)75)58(80)70(8)50(38-22-14-12-15-23-38)59(81)83-33-40(32-72)64-52(74)44-31-62-42-26-18-19-27-43(42)65-44/h10-11,18-21,26-27,30-32,35-36,38-40,45-47,50-51,61,73H,1-2,12-17,22-25,28-29,33-34H2,3-9H3,(H,63,75)(H,64,74)(H,67,76)/b21-20-/t35?,36?,40?,45?,46-,47-,50?,51?/m0/s1. The molecule has 3 aromatic rings. The number of ether oxygens (including phenoxy) is 2. The molecule has 3 aliphatic rings. The summed E-state index contributed by atoms with van der Waals surface area (Å²) >= 11 is 0. The van der Waals surface area contributed by atoms with E-state index in [0.717, 1.165) is 43.4 Å². The first kappa shape index (κ1) is 64.8. The molecule has 452 valence electrons. The fourth-order valence-electron chi connectivity index (χ4n) is 11.1. The number of fused-ring (bicyclic) bond motifs is 1. The maximum atomic E-state index is 15.3. The number of aromatic nitrogens is 3. The van der Waals surface area contributed by atoms with Gasteiger partial charge in [-0.05, 0) is 95.5 Å². The molecule has 0 bridgehead atoms. The van der Waals surface area contributed by atoms with E-state index in [2.05, 4.69) is 49.4 Å². The minimum atomic E-state index is -1.76. The first-order valence-corrected chi connectivity index (χ1v) is 28.5. The predicted octanol–water partition coefficient (Wildman–Crippen LogP) is 3.13. The quantitative estimate of drug-likeness (QED) is 0.0737. The Hall–Kier alpha value is -8.41. The van der Waals surface area contributed by atoms with E-state index in [1.807, 2.05) is 0 Å². The lowest BCUT2D eigenvalue weighted by Crippen LogP contribution is -2.59. The summed E-state index contributed by atoms with van der Waals surface area (Å²) in [6, 6.07) is -2.21. The lowest BCUT2D eigenvalue weighted by molar-refractivity contribution is -0.161. The van der Waals surface area contributed by atoms with E-state index in [0.29, 0.717) is 48.6 Å². The lowest BCUT2D eigenvalue weighted by Gasteiger charge is -2.39. The second-order valence-electron chi connectivity index (χ2n) is 21.7. The number of aldehydes is 1. The van der Waals surface area contributed by atoms with Crippen molar-refractivity contribution in [2.24, 2.45) is 11.8 Å². The number of hydrogen-bond acceptors (Lipinski definition) is 17. The summed E-state index contributed by atoms with van der Waals surface area (Å²) in [7, 11) is 7.23. The van der Waals surface area contributed by atoms with Gasteiger partial charge in [0.15, 0.2) is 5.69 Å². The Balaban J connectivity index is 1.36. The first-order valence-electron chi connectivity index (χ1n) is 28.5. The first-order chi connectivity index (χ1) is 40.1. The minimum absolute atomic E-state index is 0.0788. The van der Waals surface area contributed by atoms with Crippen LogP contribution in [0, 0.1) is 11.8 Å². The number of carbonyl (C=O) groups is 10. The van der Waals surface area contributed by atoms with Gasteiger partial charge >= 0.3 is 11.9 Å². The molecule has 6 rings (SSSR count). The van der Waals surface area contributed by atoms with Crippen molar-refractivity contribution in [3.63, 3.8) is 0 Å². The number of likely N-dealkylation sites (N-methyl/N-ethyl adjacent to an activating group) is 5. The summed E-state index contributed by atoms with van der Waals surface area (Å²) in [4.78, 5) is 160. The SMILES string of the molecule is C=Cc1cc(O)c(C(=O)NC2COC(=O)C(C3CCCCC3)N(C)C(=O)[C@@H](N(C)C(=O)C(C)NC)C/C=C\C[C@@H](C(=O)N(C)C(C(=O)OCC(C=O)NC(=O)c3cnc4ccccc4n3)C3CCCCC3)N(C)C(=O)C(C)NC2=O)nc1C=C. The summed E-state index contributed by atoms with van der Waals surface area (Å²) < 4.78 is 11.6. The number of pyridine rings is 1. The van der Waals surface area contributed by atoms with Gasteiger partial charge in [0.25, 0.3) is 11.8 Å². The summed E-state index contributed by atoms with van der Waals surface area (Å²) in [5.74, 6) is -8.62.